The SMILES string of the molecule is COC(=O)C1CCCCN1C(=O)c1ccc(Br)o1. The monoisotopic (exact) mass is 315 g/mol. The molecular formula is C12H14BrNO4. The van der Waals surface area contributed by atoms with Crippen molar-refractivity contribution in [2.45, 2.75) is 25.3 Å². The van der Waals surface area contributed by atoms with Gasteiger partial charge in [-0.2, -0.15) is 0 Å². The lowest BCUT2D eigenvalue weighted by atomic mass is 10.0. The number of hydrogen-bond acceptors (Lipinski definition) is 4. The van der Waals surface area contributed by atoms with E-state index in [0.717, 1.165) is 12.8 Å². The Kier molecular flexibility index (Phi) is 4.06. The summed E-state index contributed by atoms with van der Waals surface area (Å²) in [6.07, 6.45) is 2.45. The van der Waals surface area contributed by atoms with Crippen LogP contribution in [0.5, 0.6) is 0 Å². The van der Waals surface area contributed by atoms with Gasteiger partial charge in [0.25, 0.3) is 5.91 Å². The van der Waals surface area contributed by atoms with Gasteiger partial charge < -0.3 is 14.1 Å². The van der Waals surface area contributed by atoms with Crippen LogP contribution in [-0.2, 0) is 9.53 Å². The van der Waals surface area contributed by atoms with Gasteiger partial charge >= 0.3 is 5.97 Å². The van der Waals surface area contributed by atoms with Crippen LogP contribution in [0.2, 0.25) is 0 Å². The van der Waals surface area contributed by atoms with Crippen LogP contribution in [0.1, 0.15) is 29.8 Å². The first-order valence-corrected chi connectivity index (χ1v) is 6.57. The van der Waals surface area contributed by atoms with E-state index in [1.54, 1.807) is 12.1 Å². The molecule has 2 heterocycles. The van der Waals surface area contributed by atoms with Gasteiger partial charge in [0, 0.05) is 6.54 Å². The molecule has 1 amide bonds. The van der Waals surface area contributed by atoms with E-state index in [1.807, 2.05) is 0 Å². The molecule has 2 rings (SSSR count). The average Bonchev–Trinajstić information content (AvgIpc) is 2.83. The molecule has 0 aliphatic carbocycles. The van der Waals surface area contributed by atoms with Gasteiger partial charge in [0.2, 0.25) is 0 Å². The average molecular weight is 316 g/mol. The topological polar surface area (TPSA) is 59.8 Å². The summed E-state index contributed by atoms with van der Waals surface area (Å²) < 4.78 is 10.5. The minimum atomic E-state index is -0.500. The number of hydrogen-bond donors (Lipinski definition) is 0. The maximum absolute atomic E-state index is 12.2. The van der Waals surface area contributed by atoms with E-state index in [0.29, 0.717) is 17.6 Å². The van der Waals surface area contributed by atoms with Crippen molar-refractivity contribution < 1.29 is 18.7 Å². The highest BCUT2D eigenvalue weighted by Crippen LogP contribution is 2.22. The summed E-state index contributed by atoms with van der Waals surface area (Å²) in [7, 11) is 1.34. The van der Waals surface area contributed by atoms with Gasteiger partial charge in [-0.05, 0) is 47.3 Å². The molecule has 0 N–H and O–H groups in total. The summed E-state index contributed by atoms with van der Waals surface area (Å²) >= 11 is 3.15. The minimum Gasteiger partial charge on any atom is -0.467 e. The maximum Gasteiger partial charge on any atom is 0.328 e. The highest BCUT2D eigenvalue weighted by atomic mass is 79.9. The number of carbonyl (C=O) groups is 2. The summed E-state index contributed by atoms with van der Waals surface area (Å²) in [5, 5.41) is 0. The van der Waals surface area contributed by atoms with Crippen molar-refractivity contribution in [3.63, 3.8) is 0 Å². The number of piperidine rings is 1. The van der Waals surface area contributed by atoms with Crippen LogP contribution in [0.3, 0.4) is 0 Å². The first kappa shape index (κ1) is 13.1. The van der Waals surface area contributed by atoms with Gasteiger partial charge in [-0.1, -0.05) is 0 Å². The molecule has 0 bridgehead atoms. The van der Waals surface area contributed by atoms with E-state index >= 15 is 0 Å². The second kappa shape index (κ2) is 5.56. The molecule has 1 aromatic heterocycles. The van der Waals surface area contributed by atoms with E-state index in [1.165, 1.54) is 12.0 Å². The Labute approximate surface area is 113 Å². The smallest absolute Gasteiger partial charge is 0.328 e. The number of halogens is 1. The molecule has 0 radical (unpaired) electrons. The fourth-order valence-corrected chi connectivity index (χ4v) is 2.43. The van der Waals surface area contributed by atoms with Gasteiger partial charge in [0.15, 0.2) is 10.4 Å². The second-order valence-electron chi connectivity index (χ2n) is 4.14. The zero-order valence-corrected chi connectivity index (χ0v) is 11.6. The Morgan fingerprint density at radius 2 is 2.22 bits per heavy atom. The van der Waals surface area contributed by atoms with Crippen LogP contribution < -0.4 is 0 Å². The Bertz CT molecular complexity index is 457. The molecule has 6 heteroatoms. The molecule has 18 heavy (non-hydrogen) atoms. The fourth-order valence-electron chi connectivity index (χ4n) is 2.13. The normalized spacial score (nSPS) is 19.7. The molecule has 1 aliphatic heterocycles. The van der Waals surface area contributed by atoms with Crippen molar-refractivity contribution in [3.8, 4) is 0 Å². The zero-order valence-electron chi connectivity index (χ0n) is 10.0. The van der Waals surface area contributed by atoms with Gasteiger partial charge in [0.1, 0.15) is 6.04 Å². The fraction of sp³-hybridized carbons (Fsp3) is 0.500. The van der Waals surface area contributed by atoms with E-state index in [9.17, 15) is 9.59 Å². The van der Waals surface area contributed by atoms with Crippen molar-refractivity contribution in [1.29, 1.82) is 0 Å². The quantitative estimate of drug-likeness (QED) is 0.785. The molecule has 1 aromatic rings. The van der Waals surface area contributed by atoms with Gasteiger partial charge in [0.05, 0.1) is 7.11 Å². The Hall–Kier alpha value is -1.30. The molecule has 1 aliphatic rings. The Morgan fingerprint density at radius 1 is 1.44 bits per heavy atom. The predicted molar refractivity (Wildman–Crippen MR) is 67.1 cm³/mol. The van der Waals surface area contributed by atoms with Crippen molar-refractivity contribution in [2.24, 2.45) is 0 Å². The number of ether oxygens (including phenoxy) is 1. The van der Waals surface area contributed by atoms with E-state index in [4.69, 9.17) is 9.15 Å². The molecule has 0 spiro atoms. The minimum absolute atomic E-state index is 0.234. The molecule has 1 fully saturated rings. The van der Waals surface area contributed by atoms with E-state index < -0.39 is 6.04 Å². The Morgan fingerprint density at radius 3 is 2.83 bits per heavy atom. The molecular weight excluding hydrogens is 302 g/mol. The van der Waals surface area contributed by atoms with Gasteiger partial charge in [-0.15, -0.1) is 0 Å². The standard InChI is InChI=1S/C12H14BrNO4/c1-17-12(16)8-4-2-3-7-14(8)11(15)9-5-6-10(13)18-9/h5-6,8H,2-4,7H2,1H3. The van der Waals surface area contributed by atoms with Crippen LogP contribution >= 0.6 is 15.9 Å². The summed E-state index contributed by atoms with van der Waals surface area (Å²) in [5.74, 6) is -0.401. The molecule has 1 unspecified atom stereocenters. The molecule has 0 aromatic carbocycles. The lowest BCUT2D eigenvalue weighted by Gasteiger charge is -2.33. The lowest BCUT2D eigenvalue weighted by molar-refractivity contribution is -0.147. The number of amides is 1. The molecule has 0 saturated carbocycles. The first-order chi connectivity index (χ1) is 8.63. The van der Waals surface area contributed by atoms with E-state index in [-0.39, 0.29) is 17.6 Å². The van der Waals surface area contributed by atoms with E-state index in [2.05, 4.69) is 15.9 Å². The molecule has 5 nitrogen and oxygen atoms in total. The van der Waals surface area contributed by atoms with Crippen LogP contribution in [-0.4, -0.2) is 36.5 Å². The van der Waals surface area contributed by atoms with Gasteiger partial charge in [-0.25, -0.2) is 4.79 Å². The summed E-state index contributed by atoms with van der Waals surface area (Å²) in [6.45, 7) is 0.552. The van der Waals surface area contributed by atoms with Gasteiger partial charge in [-0.3, -0.25) is 4.79 Å². The van der Waals surface area contributed by atoms with Crippen molar-refractivity contribution >= 4 is 27.8 Å². The molecule has 1 saturated heterocycles. The maximum atomic E-state index is 12.2. The third-order valence-electron chi connectivity index (χ3n) is 3.02. The van der Waals surface area contributed by atoms with Crippen LogP contribution in [0, 0.1) is 0 Å². The number of furan rings is 1. The summed E-state index contributed by atoms with van der Waals surface area (Å²) in [6, 6.07) is 2.75. The summed E-state index contributed by atoms with van der Waals surface area (Å²) in [5.41, 5.74) is 0. The zero-order chi connectivity index (χ0) is 13.1. The van der Waals surface area contributed by atoms with Crippen LogP contribution in [0.4, 0.5) is 0 Å². The first-order valence-electron chi connectivity index (χ1n) is 5.77. The number of rotatable bonds is 2. The van der Waals surface area contributed by atoms with Crippen molar-refractivity contribution in [1.82, 2.24) is 4.90 Å². The third-order valence-corrected chi connectivity index (χ3v) is 3.45. The number of esters is 1. The molecule has 1 atom stereocenters. The molecule has 98 valence electrons. The number of methoxy groups -OCH3 is 1. The number of likely N-dealkylation sites (tertiary alicyclic amines) is 1. The largest absolute Gasteiger partial charge is 0.467 e. The predicted octanol–water partition coefficient (Wildman–Crippen LogP) is 2.21. The van der Waals surface area contributed by atoms with Crippen molar-refractivity contribution in [2.75, 3.05) is 13.7 Å². The Balaban J connectivity index is 2.18. The third kappa shape index (κ3) is 2.58. The lowest BCUT2D eigenvalue weighted by Crippen LogP contribution is -2.48. The number of nitrogens with zero attached hydrogens (tertiary/aromatic N) is 1. The van der Waals surface area contributed by atoms with Crippen molar-refractivity contribution in [3.05, 3.63) is 22.6 Å². The van der Waals surface area contributed by atoms with Crippen LogP contribution in [0.15, 0.2) is 21.2 Å². The highest BCUT2D eigenvalue weighted by molar-refractivity contribution is 9.10. The summed E-state index contributed by atoms with van der Waals surface area (Å²) in [4.78, 5) is 25.4. The second-order valence-corrected chi connectivity index (χ2v) is 4.92. The van der Waals surface area contributed by atoms with Crippen LogP contribution in [0.25, 0.3) is 0 Å². The highest BCUT2D eigenvalue weighted by Gasteiger charge is 2.34. The number of carbonyl (C=O) groups excluding carboxylic acids is 2.